The molecule has 1 saturated heterocycles. The lowest BCUT2D eigenvalue weighted by atomic mass is 10.1. The molecule has 0 atom stereocenters. The maximum Gasteiger partial charge on any atom is 0.169 e. The third kappa shape index (κ3) is 4.95. The first-order chi connectivity index (χ1) is 10.7. The van der Waals surface area contributed by atoms with Crippen LogP contribution in [0.25, 0.3) is 0 Å². The molecule has 0 radical (unpaired) electrons. The van der Waals surface area contributed by atoms with Crippen LogP contribution < -0.4 is 10.2 Å². The van der Waals surface area contributed by atoms with Gasteiger partial charge in [0.15, 0.2) is 5.11 Å². The molecular formula is C16H23N4OS+. The number of nitrogens with one attached hydrogen (secondary N) is 2. The molecule has 2 rings (SSSR count). The SMILES string of the molecule is COCCNC(=S)N1CC[NH+](Cc2ccc(C#N)cc2)CC1. The fourth-order valence-corrected chi connectivity index (χ4v) is 2.85. The highest BCUT2D eigenvalue weighted by Gasteiger charge is 2.21. The minimum atomic E-state index is 0.671. The van der Waals surface area contributed by atoms with E-state index in [2.05, 4.69) is 28.4 Å². The highest BCUT2D eigenvalue weighted by atomic mass is 32.1. The van der Waals surface area contributed by atoms with Gasteiger partial charge < -0.3 is 19.9 Å². The summed E-state index contributed by atoms with van der Waals surface area (Å²) in [6.07, 6.45) is 0. The van der Waals surface area contributed by atoms with Crippen LogP contribution in [0.4, 0.5) is 0 Å². The Labute approximate surface area is 137 Å². The number of nitrogens with zero attached hydrogens (tertiary/aromatic N) is 2. The average molecular weight is 319 g/mol. The lowest BCUT2D eigenvalue weighted by Crippen LogP contribution is -3.13. The Hall–Kier alpha value is -1.68. The van der Waals surface area contributed by atoms with Crippen LogP contribution in [-0.2, 0) is 11.3 Å². The first-order valence-corrected chi connectivity index (χ1v) is 7.98. The number of methoxy groups -OCH3 is 1. The van der Waals surface area contributed by atoms with Crippen LogP contribution in [0.3, 0.4) is 0 Å². The predicted octanol–water partition coefficient (Wildman–Crippen LogP) is -0.220. The van der Waals surface area contributed by atoms with Crippen LogP contribution in [0.15, 0.2) is 24.3 Å². The van der Waals surface area contributed by atoms with Gasteiger partial charge in [-0.3, -0.25) is 0 Å². The largest absolute Gasteiger partial charge is 0.383 e. The molecule has 0 saturated carbocycles. The van der Waals surface area contributed by atoms with Crippen LogP contribution in [0.1, 0.15) is 11.1 Å². The van der Waals surface area contributed by atoms with Crippen molar-refractivity contribution >= 4 is 17.3 Å². The average Bonchev–Trinajstić information content (AvgIpc) is 2.56. The molecule has 1 aromatic rings. The smallest absolute Gasteiger partial charge is 0.169 e. The van der Waals surface area contributed by atoms with Gasteiger partial charge in [0.25, 0.3) is 0 Å². The monoisotopic (exact) mass is 319 g/mol. The lowest BCUT2D eigenvalue weighted by molar-refractivity contribution is -0.917. The Morgan fingerprint density at radius 3 is 2.64 bits per heavy atom. The van der Waals surface area contributed by atoms with Crippen LogP contribution >= 0.6 is 12.2 Å². The molecular weight excluding hydrogens is 296 g/mol. The molecule has 5 nitrogen and oxygen atoms in total. The number of benzene rings is 1. The molecule has 22 heavy (non-hydrogen) atoms. The quantitative estimate of drug-likeness (QED) is 0.580. The molecule has 118 valence electrons. The zero-order chi connectivity index (χ0) is 15.8. The molecule has 0 aromatic heterocycles. The Balaban J connectivity index is 1.74. The minimum Gasteiger partial charge on any atom is -0.383 e. The summed E-state index contributed by atoms with van der Waals surface area (Å²) in [6.45, 7) is 6.54. The molecule has 1 aromatic carbocycles. The topological polar surface area (TPSA) is 52.7 Å². The van der Waals surface area contributed by atoms with Gasteiger partial charge in [-0.15, -0.1) is 0 Å². The van der Waals surface area contributed by atoms with Crippen molar-refractivity contribution in [3.05, 3.63) is 35.4 Å². The van der Waals surface area contributed by atoms with E-state index >= 15 is 0 Å². The first kappa shape index (κ1) is 16.7. The Morgan fingerprint density at radius 1 is 1.36 bits per heavy atom. The maximum absolute atomic E-state index is 8.82. The minimum absolute atomic E-state index is 0.671. The van der Waals surface area contributed by atoms with Crippen molar-refractivity contribution < 1.29 is 9.64 Å². The highest BCUT2D eigenvalue weighted by molar-refractivity contribution is 7.80. The van der Waals surface area contributed by atoms with Crippen molar-refractivity contribution in [1.82, 2.24) is 10.2 Å². The Kier molecular flexibility index (Phi) is 6.59. The highest BCUT2D eigenvalue weighted by Crippen LogP contribution is 2.02. The van der Waals surface area contributed by atoms with Crippen molar-refractivity contribution in [2.24, 2.45) is 0 Å². The summed E-state index contributed by atoms with van der Waals surface area (Å²) in [4.78, 5) is 3.79. The number of hydrogen-bond acceptors (Lipinski definition) is 3. The fourth-order valence-electron chi connectivity index (χ4n) is 2.56. The van der Waals surface area contributed by atoms with E-state index in [1.165, 1.54) is 5.56 Å². The maximum atomic E-state index is 8.82. The standard InChI is InChI=1S/C16H22N4OS/c1-21-11-6-18-16(22)20-9-7-19(8-10-20)13-15-4-2-14(12-17)3-5-15/h2-5H,6-11,13H2,1H3,(H,18,22)/p+1. The van der Waals surface area contributed by atoms with Gasteiger partial charge in [0, 0.05) is 19.2 Å². The molecule has 0 bridgehead atoms. The van der Waals surface area contributed by atoms with Crippen LogP contribution in [-0.4, -0.2) is 56.5 Å². The second-order valence-electron chi connectivity index (χ2n) is 5.45. The zero-order valence-electron chi connectivity index (χ0n) is 13.0. The third-order valence-corrected chi connectivity index (χ3v) is 4.28. The zero-order valence-corrected chi connectivity index (χ0v) is 13.8. The van der Waals surface area contributed by atoms with E-state index in [1.807, 2.05) is 12.1 Å². The summed E-state index contributed by atoms with van der Waals surface area (Å²) >= 11 is 5.40. The van der Waals surface area contributed by atoms with E-state index in [4.69, 9.17) is 22.2 Å². The van der Waals surface area contributed by atoms with Crippen molar-refractivity contribution in [3.63, 3.8) is 0 Å². The second-order valence-corrected chi connectivity index (χ2v) is 5.83. The molecule has 0 aliphatic carbocycles. The molecule has 1 heterocycles. The molecule has 0 amide bonds. The van der Waals surface area contributed by atoms with E-state index in [0.29, 0.717) is 6.61 Å². The number of nitriles is 1. The van der Waals surface area contributed by atoms with E-state index in [0.717, 1.165) is 49.9 Å². The van der Waals surface area contributed by atoms with E-state index in [1.54, 1.807) is 12.0 Å². The molecule has 1 aliphatic heterocycles. The van der Waals surface area contributed by atoms with Crippen molar-refractivity contribution in [2.45, 2.75) is 6.54 Å². The van der Waals surface area contributed by atoms with Crippen LogP contribution in [0.2, 0.25) is 0 Å². The number of quaternary nitrogens is 1. The van der Waals surface area contributed by atoms with Gasteiger partial charge in [0.05, 0.1) is 44.4 Å². The molecule has 6 heteroatoms. The number of ether oxygens (including phenoxy) is 1. The summed E-state index contributed by atoms with van der Waals surface area (Å²) < 4.78 is 5.01. The van der Waals surface area contributed by atoms with E-state index < -0.39 is 0 Å². The first-order valence-electron chi connectivity index (χ1n) is 7.57. The number of rotatable bonds is 5. The van der Waals surface area contributed by atoms with Crippen LogP contribution in [0.5, 0.6) is 0 Å². The van der Waals surface area contributed by atoms with E-state index in [9.17, 15) is 0 Å². The molecule has 1 fully saturated rings. The summed E-state index contributed by atoms with van der Waals surface area (Å²) in [5, 5.41) is 12.9. The number of piperazine rings is 1. The summed E-state index contributed by atoms with van der Waals surface area (Å²) in [5.74, 6) is 0. The van der Waals surface area contributed by atoms with Crippen LogP contribution in [0, 0.1) is 11.3 Å². The molecule has 2 N–H and O–H groups in total. The van der Waals surface area contributed by atoms with Gasteiger partial charge in [-0.25, -0.2) is 0 Å². The summed E-state index contributed by atoms with van der Waals surface area (Å²) in [7, 11) is 1.69. The molecule has 0 spiro atoms. The molecule has 0 unspecified atom stereocenters. The predicted molar refractivity (Wildman–Crippen MR) is 89.6 cm³/mol. The van der Waals surface area contributed by atoms with E-state index in [-0.39, 0.29) is 0 Å². The summed E-state index contributed by atoms with van der Waals surface area (Å²) in [6, 6.07) is 10.0. The van der Waals surface area contributed by atoms with Crippen molar-refractivity contribution in [3.8, 4) is 6.07 Å². The number of thiocarbonyl (C=S) groups is 1. The van der Waals surface area contributed by atoms with Gasteiger partial charge in [-0.2, -0.15) is 5.26 Å². The Bertz CT molecular complexity index is 518. The Morgan fingerprint density at radius 2 is 2.05 bits per heavy atom. The normalized spacial score (nSPS) is 15.4. The third-order valence-electron chi connectivity index (χ3n) is 3.88. The van der Waals surface area contributed by atoms with Crippen molar-refractivity contribution in [2.75, 3.05) is 46.4 Å². The second kappa shape index (κ2) is 8.69. The van der Waals surface area contributed by atoms with Gasteiger partial charge >= 0.3 is 0 Å². The number of hydrogen-bond donors (Lipinski definition) is 2. The van der Waals surface area contributed by atoms with Gasteiger partial charge in [0.1, 0.15) is 6.54 Å². The van der Waals surface area contributed by atoms with Gasteiger partial charge in [0.2, 0.25) is 0 Å². The lowest BCUT2D eigenvalue weighted by Gasteiger charge is -2.33. The summed E-state index contributed by atoms with van der Waals surface area (Å²) in [5.41, 5.74) is 2.00. The van der Waals surface area contributed by atoms with Gasteiger partial charge in [-0.05, 0) is 24.4 Å². The fraction of sp³-hybridized carbons (Fsp3) is 0.500. The van der Waals surface area contributed by atoms with Gasteiger partial charge in [-0.1, -0.05) is 12.1 Å². The molecule has 1 aliphatic rings. The van der Waals surface area contributed by atoms with Crippen molar-refractivity contribution in [1.29, 1.82) is 5.26 Å².